The number of allylic oxidation sites excluding steroid dienone is 4. The largest absolute Gasteiger partial charge is 0.492 e. The molecule has 6 nitrogen and oxygen atoms in total. The third kappa shape index (κ3) is 17.4. The van der Waals surface area contributed by atoms with Crippen LogP contribution in [0.4, 0.5) is 34.1 Å². The fraction of sp³-hybridized carbons (Fsp3) is 0.237. The van der Waals surface area contributed by atoms with E-state index in [4.69, 9.17) is 4.74 Å². The molecule has 0 bridgehead atoms. The topological polar surface area (TPSA) is 76.8 Å². The Hall–Kier alpha value is -8.70. The number of carbonyl (C=O) groups is 1. The molecular formula is C76H79N3O3S. The molecule has 0 saturated heterocycles. The predicted octanol–water partition coefficient (Wildman–Crippen LogP) is 21.9. The van der Waals surface area contributed by atoms with Gasteiger partial charge in [-0.15, -0.1) is 11.3 Å². The molecule has 7 heteroatoms. The first-order valence-electron chi connectivity index (χ1n) is 29.6. The first-order valence-corrected chi connectivity index (χ1v) is 30.4. The highest BCUT2D eigenvalue weighted by Crippen LogP contribution is 2.41. The van der Waals surface area contributed by atoms with E-state index in [1.807, 2.05) is 6.07 Å². The van der Waals surface area contributed by atoms with Crippen LogP contribution in [0, 0.1) is 39.0 Å². The minimum absolute atomic E-state index is 0.272. The van der Waals surface area contributed by atoms with Gasteiger partial charge in [0.15, 0.2) is 0 Å². The van der Waals surface area contributed by atoms with Crippen LogP contribution < -0.4 is 14.5 Å². The average Bonchev–Trinajstić information content (AvgIpc) is 4.04. The summed E-state index contributed by atoms with van der Waals surface area (Å²) in [6, 6.07) is 60.4. The molecular weight excluding hydrogens is 1030 g/mol. The molecule has 0 unspecified atom stereocenters. The number of carboxylic acids is 1. The van der Waals surface area contributed by atoms with Gasteiger partial charge in [-0.25, -0.2) is 4.79 Å². The van der Waals surface area contributed by atoms with Crippen LogP contribution in [-0.4, -0.2) is 17.7 Å². The Labute approximate surface area is 498 Å². The number of ether oxygens (including phenoxy) is 1. The molecule has 8 rings (SSSR count). The number of rotatable bonds is 28. The third-order valence-corrected chi connectivity index (χ3v) is 15.9. The molecule has 83 heavy (non-hydrogen) atoms. The van der Waals surface area contributed by atoms with E-state index in [2.05, 4.69) is 264 Å². The van der Waals surface area contributed by atoms with Gasteiger partial charge in [-0.3, -0.25) is 0 Å². The minimum Gasteiger partial charge on any atom is -0.492 e. The SMILES string of the molecule is CCCCCCCCOc1c(/C=C/C=C/c2ccc(N(c3ccc(C)cc3)c3ccc(C)cc3)cc2)cc(-c2cc(CCCCCC)c(/C=C(\C#N)C(=O)O)s2)cc1/C=C/C=C/c1ccc(N(c2ccc(C)cc2)c2ccc(C)cc2)cc1. The summed E-state index contributed by atoms with van der Waals surface area (Å²) in [5.74, 6) is -0.420. The van der Waals surface area contributed by atoms with Crippen molar-refractivity contribution in [3.05, 3.63) is 249 Å². The van der Waals surface area contributed by atoms with Crippen molar-refractivity contribution in [2.45, 2.75) is 112 Å². The Morgan fingerprint density at radius 3 is 1.28 bits per heavy atom. The second kappa shape index (κ2) is 30.9. The lowest BCUT2D eigenvalue weighted by molar-refractivity contribution is -0.132. The maximum atomic E-state index is 12.2. The van der Waals surface area contributed by atoms with Gasteiger partial charge in [0.05, 0.1) is 6.61 Å². The standard InChI is InChI=1S/C76H79N3O3S/c1-7-9-11-13-14-20-50-82-75-63(24-18-16-21-60-34-46-71(47-35-60)78(67-38-26-56(3)27-39-67)68-40-28-57(4)29-41-68)51-65(74-53-62(23-15-12-10-8-2)73(83-74)54-66(55-77)76(80)81)52-64(75)25-19-17-22-61-36-48-72(49-37-61)79(69-42-30-58(5)31-43-69)70-44-32-59(6)33-45-70/h16-19,21-22,24-49,51-54H,7-15,20,23,50H2,1-6H3,(H,80,81)/b21-16+,22-17+,24-18+,25-19+,66-54+. The molecule has 0 aliphatic carbocycles. The highest BCUT2D eigenvalue weighted by molar-refractivity contribution is 7.16. The second-order valence-corrected chi connectivity index (χ2v) is 22.6. The number of nitriles is 1. The number of thiophene rings is 1. The van der Waals surface area contributed by atoms with E-state index in [0.717, 1.165) is 128 Å². The number of hydrogen-bond acceptors (Lipinski definition) is 6. The van der Waals surface area contributed by atoms with Crippen LogP contribution >= 0.6 is 11.3 Å². The molecule has 1 heterocycles. The van der Waals surface area contributed by atoms with Gasteiger partial charge in [0.1, 0.15) is 17.4 Å². The molecule has 0 atom stereocenters. The summed E-state index contributed by atoms with van der Waals surface area (Å²) in [6.45, 7) is 13.5. The van der Waals surface area contributed by atoms with Crippen LogP contribution in [0.5, 0.6) is 5.75 Å². The molecule has 0 radical (unpaired) electrons. The van der Waals surface area contributed by atoms with Crippen molar-refractivity contribution in [1.82, 2.24) is 0 Å². The molecule has 0 amide bonds. The van der Waals surface area contributed by atoms with Crippen molar-refractivity contribution < 1.29 is 14.6 Å². The van der Waals surface area contributed by atoms with Crippen LogP contribution in [0.25, 0.3) is 40.8 Å². The van der Waals surface area contributed by atoms with Gasteiger partial charge in [-0.05, 0) is 166 Å². The molecule has 8 aromatic rings. The van der Waals surface area contributed by atoms with Gasteiger partial charge in [0, 0.05) is 55.0 Å². The normalized spacial score (nSPS) is 11.8. The lowest BCUT2D eigenvalue weighted by Gasteiger charge is -2.25. The number of anilines is 6. The number of aryl methyl sites for hydroxylation is 5. The van der Waals surface area contributed by atoms with Gasteiger partial charge in [-0.2, -0.15) is 5.26 Å². The Kier molecular flexibility index (Phi) is 22.5. The van der Waals surface area contributed by atoms with Crippen molar-refractivity contribution in [2.75, 3.05) is 16.4 Å². The van der Waals surface area contributed by atoms with Gasteiger partial charge in [-0.1, -0.05) is 209 Å². The summed E-state index contributed by atoms with van der Waals surface area (Å²) in [7, 11) is 0. The quantitative estimate of drug-likeness (QED) is 0.0228. The monoisotopic (exact) mass is 1110 g/mol. The molecule has 0 fully saturated rings. The van der Waals surface area contributed by atoms with Crippen molar-refractivity contribution >= 4 is 81.8 Å². The smallest absolute Gasteiger partial charge is 0.346 e. The number of unbranched alkanes of at least 4 members (excludes halogenated alkanes) is 8. The summed E-state index contributed by atoms with van der Waals surface area (Å²) in [6.07, 6.45) is 30.4. The highest BCUT2D eigenvalue weighted by atomic mass is 32.1. The van der Waals surface area contributed by atoms with Crippen molar-refractivity contribution in [3.8, 4) is 22.3 Å². The van der Waals surface area contributed by atoms with Crippen molar-refractivity contribution in [1.29, 1.82) is 5.26 Å². The zero-order valence-electron chi connectivity index (χ0n) is 49.3. The lowest BCUT2D eigenvalue weighted by atomic mass is 10.00. The summed E-state index contributed by atoms with van der Waals surface area (Å²) >= 11 is 1.53. The summed E-state index contributed by atoms with van der Waals surface area (Å²) in [4.78, 5) is 18.5. The maximum absolute atomic E-state index is 12.2. The van der Waals surface area contributed by atoms with Crippen LogP contribution in [0.2, 0.25) is 0 Å². The van der Waals surface area contributed by atoms with Crippen LogP contribution in [0.1, 0.15) is 133 Å². The van der Waals surface area contributed by atoms with E-state index in [9.17, 15) is 15.2 Å². The van der Waals surface area contributed by atoms with Gasteiger partial charge in [0.2, 0.25) is 0 Å². The zero-order valence-corrected chi connectivity index (χ0v) is 50.1. The molecule has 0 spiro atoms. The molecule has 1 N–H and O–H groups in total. The molecule has 0 saturated carbocycles. The predicted molar refractivity (Wildman–Crippen MR) is 355 cm³/mol. The van der Waals surface area contributed by atoms with Gasteiger partial charge in [0.25, 0.3) is 0 Å². The van der Waals surface area contributed by atoms with E-state index in [1.165, 1.54) is 59.3 Å². The molecule has 0 aliphatic rings. The van der Waals surface area contributed by atoms with Crippen LogP contribution in [0.15, 0.2) is 194 Å². The average molecular weight is 1110 g/mol. The zero-order chi connectivity index (χ0) is 58.3. The number of carboxylic acid groups (broad SMARTS) is 1. The van der Waals surface area contributed by atoms with Crippen LogP contribution in [-0.2, 0) is 11.2 Å². The van der Waals surface area contributed by atoms with E-state index >= 15 is 0 Å². The van der Waals surface area contributed by atoms with E-state index in [1.54, 1.807) is 6.08 Å². The van der Waals surface area contributed by atoms with E-state index in [0.29, 0.717) is 6.61 Å². The molecule has 7 aromatic carbocycles. The summed E-state index contributed by atoms with van der Waals surface area (Å²) in [5.41, 5.74) is 17.2. The minimum atomic E-state index is -1.22. The number of benzene rings is 7. The van der Waals surface area contributed by atoms with Crippen molar-refractivity contribution in [3.63, 3.8) is 0 Å². The van der Waals surface area contributed by atoms with Gasteiger partial charge < -0.3 is 19.6 Å². The molecule has 1 aromatic heterocycles. The maximum Gasteiger partial charge on any atom is 0.346 e. The third-order valence-electron chi connectivity index (χ3n) is 14.8. The number of nitrogens with zero attached hydrogens (tertiary/aromatic N) is 3. The number of aliphatic carboxylic acids is 1. The Balaban J connectivity index is 1.14. The Bertz CT molecular complexity index is 3290. The summed E-state index contributed by atoms with van der Waals surface area (Å²) in [5, 5.41) is 19.8. The van der Waals surface area contributed by atoms with E-state index < -0.39 is 5.97 Å². The second-order valence-electron chi connectivity index (χ2n) is 21.5. The highest BCUT2D eigenvalue weighted by Gasteiger charge is 2.18. The van der Waals surface area contributed by atoms with E-state index in [-0.39, 0.29) is 5.57 Å². The lowest BCUT2D eigenvalue weighted by Crippen LogP contribution is -2.09. The van der Waals surface area contributed by atoms with Crippen LogP contribution in [0.3, 0.4) is 0 Å². The fourth-order valence-corrected chi connectivity index (χ4v) is 11.1. The fourth-order valence-electron chi connectivity index (χ4n) is 10.00. The Morgan fingerprint density at radius 2 is 0.880 bits per heavy atom. The summed E-state index contributed by atoms with van der Waals surface area (Å²) < 4.78 is 6.87. The first-order chi connectivity index (χ1) is 40.5. The molecule has 0 aliphatic heterocycles. The van der Waals surface area contributed by atoms with Crippen molar-refractivity contribution in [2.24, 2.45) is 0 Å². The van der Waals surface area contributed by atoms with Gasteiger partial charge >= 0.3 is 5.97 Å². The Morgan fingerprint density at radius 1 is 0.506 bits per heavy atom. The number of hydrogen-bond donors (Lipinski definition) is 1. The molecule has 422 valence electrons. The first kappa shape index (κ1) is 60.4.